The van der Waals surface area contributed by atoms with Crippen LogP contribution in [0.25, 0.3) is 5.69 Å². The van der Waals surface area contributed by atoms with Crippen LogP contribution < -0.4 is 5.32 Å². The van der Waals surface area contributed by atoms with Crippen molar-refractivity contribution in [3.8, 4) is 5.69 Å². The highest BCUT2D eigenvalue weighted by atomic mass is 35.5. The first kappa shape index (κ1) is 20.6. The van der Waals surface area contributed by atoms with E-state index in [2.05, 4.69) is 10.4 Å². The Morgan fingerprint density at radius 1 is 1.13 bits per heavy atom. The molecule has 3 heterocycles. The van der Waals surface area contributed by atoms with Gasteiger partial charge in [-0.3, -0.25) is 4.79 Å². The molecule has 4 rings (SSSR count). The van der Waals surface area contributed by atoms with Crippen LogP contribution >= 0.6 is 11.6 Å². The van der Waals surface area contributed by atoms with Crippen molar-refractivity contribution in [3.05, 3.63) is 58.6 Å². The molecule has 0 bridgehead atoms. The number of nitrogens with one attached hydrogen (secondary N) is 1. The second kappa shape index (κ2) is 7.90. The Bertz CT molecular complexity index is 1190. The number of carbonyl (C=O) groups is 1. The molecule has 3 aromatic rings. The van der Waals surface area contributed by atoms with Gasteiger partial charge >= 0.3 is 0 Å². The van der Waals surface area contributed by atoms with E-state index >= 15 is 0 Å². The van der Waals surface area contributed by atoms with Crippen LogP contribution in [0.1, 0.15) is 34.9 Å². The molecule has 0 radical (unpaired) electrons. The molecule has 0 spiro atoms. The lowest BCUT2D eigenvalue weighted by Gasteiger charge is -2.14. The van der Waals surface area contributed by atoms with E-state index in [9.17, 15) is 13.2 Å². The smallest absolute Gasteiger partial charge is 0.292 e. The normalized spacial score (nSPS) is 14.9. The Morgan fingerprint density at radius 3 is 2.47 bits per heavy atom. The monoisotopic (exact) mass is 448 g/mol. The highest BCUT2D eigenvalue weighted by Crippen LogP contribution is 2.27. The minimum absolute atomic E-state index is 0.0249. The van der Waals surface area contributed by atoms with Crippen LogP contribution in [0.15, 0.2) is 45.7 Å². The summed E-state index contributed by atoms with van der Waals surface area (Å²) in [6.07, 6.45) is 1.66. The van der Waals surface area contributed by atoms with Gasteiger partial charge in [0.25, 0.3) is 5.91 Å². The summed E-state index contributed by atoms with van der Waals surface area (Å²) in [5, 5.41) is 7.73. The van der Waals surface area contributed by atoms with Crippen molar-refractivity contribution in [1.29, 1.82) is 0 Å². The number of amides is 1. The van der Waals surface area contributed by atoms with Crippen LogP contribution in [0.5, 0.6) is 0 Å². The lowest BCUT2D eigenvalue weighted by Crippen LogP contribution is -2.28. The third-order valence-corrected chi connectivity index (χ3v) is 7.18. The first-order chi connectivity index (χ1) is 14.3. The van der Waals surface area contributed by atoms with E-state index in [0.717, 1.165) is 18.5 Å². The van der Waals surface area contributed by atoms with Crippen molar-refractivity contribution >= 4 is 33.3 Å². The van der Waals surface area contributed by atoms with Gasteiger partial charge in [-0.25, -0.2) is 13.1 Å². The van der Waals surface area contributed by atoms with Gasteiger partial charge in [0.2, 0.25) is 10.0 Å². The number of nitrogens with zero attached hydrogens (tertiary/aromatic N) is 3. The molecule has 10 heteroatoms. The van der Waals surface area contributed by atoms with Gasteiger partial charge in [0.1, 0.15) is 16.5 Å². The molecule has 158 valence electrons. The standard InChI is InChI=1S/C20H21ClN4O4S/c1-13-11-19(25(23-13)16-7-5-15(21)6-8-16)22-20(26)17-12-18(14(2)29-17)30(27,28)24-9-3-4-10-24/h5-8,11-12H,3-4,9-10H2,1-2H3,(H,22,26). The van der Waals surface area contributed by atoms with Crippen LogP contribution in [0.3, 0.4) is 0 Å². The van der Waals surface area contributed by atoms with Crippen LogP contribution in [0.4, 0.5) is 5.82 Å². The molecule has 0 saturated carbocycles. The fourth-order valence-corrected chi connectivity index (χ4v) is 5.25. The van der Waals surface area contributed by atoms with E-state index in [1.165, 1.54) is 10.4 Å². The van der Waals surface area contributed by atoms with Crippen molar-refractivity contribution in [2.75, 3.05) is 18.4 Å². The van der Waals surface area contributed by atoms with Crippen molar-refractivity contribution in [2.24, 2.45) is 0 Å². The van der Waals surface area contributed by atoms with Gasteiger partial charge in [0.15, 0.2) is 5.76 Å². The summed E-state index contributed by atoms with van der Waals surface area (Å²) >= 11 is 5.95. The van der Waals surface area contributed by atoms with Gasteiger partial charge in [-0.05, 0) is 51.0 Å². The molecular weight excluding hydrogens is 428 g/mol. The Hall–Kier alpha value is -2.62. The molecule has 2 aromatic heterocycles. The van der Waals surface area contributed by atoms with E-state index in [0.29, 0.717) is 29.6 Å². The molecule has 1 aliphatic heterocycles. The number of benzene rings is 1. The van der Waals surface area contributed by atoms with E-state index in [1.54, 1.807) is 48.9 Å². The Balaban J connectivity index is 1.61. The highest BCUT2D eigenvalue weighted by Gasteiger charge is 2.32. The third-order valence-electron chi connectivity index (χ3n) is 4.92. The molecule has 30 heavy (non-hydrogen) atoms. The molecule has 1 amide bonds. The fraction of sp³-hybridized carbons (Fsp3) is 0.300. The van der Waals surface area contributed by atoms with Crippen LogP contribution in [-0.4, -0.2) is 41.5 Å². The van der Waals surface area contributed by atoms with Crippen LogP contribution in [0.2, 0.25) is 5.02 Å². The third kappa shape index (κ3) is 3.88. The predicted molar refractivity (Wildman–Crippen MR) is 113 cm³/mol. The van der Waals surface area contributed by atoms with Crippen molar-refractivity contribution < 1.29 is 17.6 Å². The molecule has 8 nitrogen and oxygen atoms in total. The van der Waals surface area contributed by atoms with Gasteiger partial charge in [0.05, 0.1) is 11.4 Å². The number of aryl methyl sites for hydroxylation is 2. The molecule has 1 saturated heterocycles. The first-order valence-corrected chi connectivity index (χ1v) is 11.3. The van der Waals surface area contributed by atoms with Gasteiger partial charge < -0.3 is 9.73 Å². The van der Waals surface area contributed by atoms with Crippen molar-refractivity contribution in [2.45, 2.75) is 31.6 Å². The molecule has 0 unspecified atom stereocenters. The van der Waals surface area contributed by atoms with Crippen LogP contribution in [-0.2, 0) is 10.0 Å². The largest absolute Gasteiger partial charge is 0.455 e. The zero-order chi connectivity index (χ0) is 21.5. The van der Waals surface area contributed by atoms with Gasteiger partial charge in [-0.1, -0.05) is 11.6 Å². The molecule has 1 N–H and O–H groups in total. The zero-order valence-corrected chi connectivity index (χ0v) is 18.1. The fourth-order valence-electron chi connectivity index (χ4n) is 3.45. The number of anilines is 1. The average Bonchev–Trinajstić information content (AvgIpc) is 3.43. The number of halogens is 1. The summed E-state index contributed by atoms with van der Waals surface area (Å²) in [5.41, 5.74) is 1.42. The molecule has 0 aliphatic carbocycles. The lowest BCUT2D eigenvalue weighted by molar-refractivity contribution is 0.0994. The maximum Gasteiger partial charge on any atom is 0.292 e. The van der Waals surface area contributed by atoms with Gasteiger partial charge in [-0.2, -0.15) is 9.40 Å². The predicted octanol–water partition coefficient (Wildman–Crippen LogP) is 3.77. The number of aromatic nitrogens is 2. The number of carbonyl (C=O) groups excluding carboxylic acids is 1. The maximum absolute atomic E-state index is 12.8. The quantitative estimate of drug-likeness (QED) is 0.640. The summed E-state index contributed by atoms with van der Waals surface area (Å²) < 4.78 is 34.1. The minimum atomic E-state index is -3.68. The topological polar surface area (TPSA) is 97.4 Å². The van der Waals surface area contributed by atoms with Gasteiger partial charge in [-0.15, -0.1) is 0 Å². The van der Waals surface area contributed by atoms with Crippen LogP contribution in [0, 0.1) is 13.8 Å². The van der Waals surface area contributed by atoms with Gasteiger partial charge in [0, 0.05) is 30.2 Å². The number of hydrogen-bond donors (Lipinski definition) is 1. The number of rotatable bonds is 5. The molecule has 0 atom stereocenters. The zero-order valence-electron chi connectivity index (χ0n) is 16.6. The summed E-state index contributed by atoms with van der Waals surface area (Å²) in [7, 11) is -3.68. The number of furan rings is 1. The number of sulfonamides is 1. The van der Waals surface area contributed by atoms with E-state index in [4.69, 9.17) is 16.0 Å². The first-order valence-electron chi connectivity index (χ1n) is 9.50. The second-order valence-corrected chi connectivity index (χ2v) is 9.50. The highest BCUT2D eigenvalue weighted by molar-refractivity contribution is 7.89. The average molecular weight is 449 g/mol. The minimum Gasteiger partial charge on any atom is -0.455 e. The molecule has 1 aliphatic rings. The lowest BCUT2D eigenvalue weighted by atomic mass is 10.3. The summed E-state index contributed by atoms with van der Waals surface area (Å²) in [4.78, 5) is 12.8. The second-order valence-electron chi connectivity index (χ2n) is 7.16. The Kier molecular flexibility index (Phi) is 5.44. The maximum atomic E-state index is 12.8. The van der Waals surface area contributed by atoms with E-state index in [-0.39, 0.29) is 16.4 Å². The summed E-state index contributed by atoms with van der Waals surface area (Å²) in [5.74, 6) is -0.0184. The molecule has 1 fully saturated rings. The van der Waals surface area contributed by atoms with E-state index in [1.807, 2.05) is 0 Å². The molecular formula is C20H21ClN4O4S. The summed E-state index contributed by atoms with van der Waals surface area (Å²) in [6, 6.07) is 10.0. The molecule has 1 aromatic carbocycles. The Morgan fingerprint density at radius 2 is 1.80 bits per heavy atom. The van der Waals surface area contributed by atoms with Crippen molar-refractivity contribution in [1.82, 2.24) is 14.1 Å². The number of hydrogen-bond acceptors (Lipinski definition) is 5. The SMILES string of the molecule is Cc1cc(NC(=O)c2cc(S(=O)(=O)N3CCCC3)c(C)o2)n(-c2ccc(Cl)cc2)n1. The summed E-state index contributed by atoms with van der Waals surface area (Å²) in [6.45, 7) is 4.31. The van der Waals surface area contributed by atoms with E-state index < -0.39 is 15.9 Å². The van der Waals surface area contributed by atoms with Crippen molar-refractivity contribution in [3.63, 3.8) is 0 Å². The Labute approximate surface area is 179 Å².